The largest absolute Gasteiger partial charge is 0.376 e. The zero-order valence-corrected chi connectivity index (χ0v) is 19.8. The highest BCUT2D eigenvalue weighted by Gasteiger charge is 2.22. The van der Waals surface area contributed by atoms with Crippen LogP contribution < -0.4 is 10.9 Å². The quantitative estimate of drug-likeness (QED) is 0.392. The third kappa shape index (κ3) is 5.03. The number of fused-ring (bicyclic) bond motifs is 1. The molecule has 3 aromatic rings. The van der Waals surface area contributed by atoms with E-state index in [4.69, 9.17) is 9.72 Å². The van der Waals surface area contributed by atoms with E-state index in [-0.39, 0.29) is 29.4 Å². The lowest BCUT2D eigenvalue weighted by molar-refractivity contribution is 0.0935. The van der Waals surface area contributed by atoms with Crippen molar-refractivity contribution in [2.45, 2.75) is 68.1 Å². The molecule has 0 bridgehead atoms. The summed E-state index contributed by atoms with van der Waals surface area (Å²) in [6, 6.07) is 11.9. The lowest BCUT2D eigenvalue weighted by atomic mass is 10.1. The fourth-order valence-corrected chi connectivity index (χ4v) is 5.70. The molecule has 5 rings (SSSR count). The molecule has 2 aliphatic rings. The summed E-state index contributed by atoms with van der Waals surface area (Å²) in [7, 11) is 0. The van der Waals surface area contributed by atoms with E-state index in [2.05, 4.69) is 5.32 Å². The van der Waals surface area contributed by atoms with Crippen LogP contribution in [0.1, 0.15) is 54.4 Å². The van der Waals surface area contributed by atoms with Crippen molar-refractivity contribution in [1.82, 2.24) is 14.9 Å². The number of nitrogens with one attached hydrogen (secondary N) is 1. The molecule has 1 aliphatic heterocycles. The smallest absolute Gasteiger partial charge is 0.262 e. The Morgan fingerprint density at radius 2 is 1.97 bits per heavy atom. The number of halogens is 1. The molecular formula is C26H28FN3O3S. The van der Waals surface area contributed by atoms with E-state index in [1.165, 1.54) is 17.8 Å². The van der Waals surface area contributed by atoms with Gasteiger partial charge in [-0.3, -0.25) is 14.2 Å². The molecule has 1 aromatic heterocycles. The van der Waals surface area contributed by atoms with E-state index in [0.29, 0.717) is 46.1 Å². The van der Waals surface area contributed by atoms with Gasteiger partial charge in [0.1, 0.15) is 5.82 Å². The highest BCUT2D eigenvalue weighted by Crippen LogP contribution is 2.26. The number of ether oxygens (including phenoxy) is 1. The fraction of sp³-hybridized carbons (Fsp3) is 0.423. The normalized spacial score (nSPS) is 18.6. The van der Waals surface area contributed by atoms with E-state index >= 15 is 0 Å². The van der Waals surface area contributed by atoms with Crippen LogP contribution in [0.25, 0.3) is 10.9 Å². The summed E-state index contributed by atoms with van der Waals surface area (Å²) in [5.74, 6) is -0.0766. The van der Waals surface area contributed by atoms with E-state index in [1.807, 2.05) is 0 Å². The minimum atomic E-state index is -0.283. The molecule has 1 amide bonds. The van der Waals surface area contributed by atoms with Gasteiger partial charge in [-0.05, 0) is 55.5 Å². The number of thioether (sulfide) groups is 1. The standard InChI is InChI=1S/C26H28FN3O3S/c27-22-10-4-1-6-18(22)16-34-26-29-23-14-17(24(31)28-19-7-2-3-8-19)11-12-21(23)25(32)30(26)15-20-9-5-13-33-20/h1,4,6,10-12,14,19-20H,2-3,5,7-9,13,15-16H2,(H,28,31). The van der Waals surface area contributed by atoms with Crippen molar-refractivity contribution in [2.75, 3.05) is 6.61 Å². The highest BCUT2D eigenvalue weighted by atomic mass is 32.2. The number of benzene rings is 2. The van der Waals surface area contributed by atoms with Gasteiger partial charge in [-0.1, -0.05) is 42.8 Å². The van der Waals surface area contributed by atoms with Crippen molar-refractivity contribution in [1.29, 1.82) is 0 Å². The van der Waals surface area contributed by atoms with Gasteiger partial charge in [0.2, 0.25) is 0 Å². The van der Waals surface area contributed by atoms with Crippen LogP contribution in [0, 0.1) is 5.82 Å². The number of amides is 1. The summed E-state index contributed by atoms with van der Waals surface area (Å²) in [4.78, 5) is 31.0. The molecule has 1 saturated carbocycles. The van der Waals surface area contributed by atoms with Crippen molar-refractivity contribution in [3.63, 3.8) is 0 Å². The number of rotatable bonds is 7. The van der Waals surface area contributed by atoms with Gasteiger partial charge >= 0.3 is 0 Å². The van der Waals surface area contributed by atoms with Crippen molar-refractivity contribution < 1.29 is 13.9 Å². The summed E-state index contributed by atoms with van der Waals surface area (Å²) < 4.78 is 21.6. The zero-order valence-electron chi connectivity index (χ0n) is 19.0. The molecule has 2 fully saturated rings. The maximum absolute atomic E-state index is 14.2. The molecule has 1 aliphatic carbocycles. The first kappa shape index (κ1) is 23.1. The van der Waals surface area contributed by atoms with E-state index in [1.54, 1.807) is 41.0 Å². The zero-order chi connectivity index (χ0) is 23.5. The third-order valence-electron chi connectivity index (χ3n) is 6.60. The second-order valence-electron chi connectivity index (χ2n) is 9.01. The first-order valence-electron chi connectivity index (χ1n) is 11.9. The first-order chi connectivity index (χ1) is 16.6. The topological polar surface area (TPSA) is 73.2 Å². The first-order valence-corrected chi connectivity index (χ1v) is 12.9. The second kappa shape index (κ2) is 10.3. The van der Waals surface area contributed by atoms with Crippen LogP contribution in [0.4, 0.5) is 4.39 Å². The average molecular weight is 482 g/mol. The maximum atomic E-state index is 14.2. The van der Waals surface area contributed by atoms with Gasteiger partial charge in [0.05, 0.1) is 23.6 Å². The third-order valence-corrected chi connectivity index (χ3v) is 7.62. The Morgan fingerprint density at radius 1 is 1.15 bits per heavy atom. The van der Waals surface area contributed by atoms with Gasteiger partial charge in [0.25, 0.3) is 11.5 Å². The van der Waals surface area contributed by atoms with Gasteiger partial charge in [0.15, 0.2) is 5.16 Å². The molecule has 6 nitrogen and oxygen atoms in total. The molecule has 178 valence electrons. The van der Waals surface area contributed by atoms with Crippen LogP contribution >= 0.6 is 11.8 Å². The minimum Gasteiger partial charge on any atom is -0.376 e. The SMILES string of the molecule is O=C(NC1CCCC1)c1ccc2c(=O)n(CC3CCCO3)c(SCc3ccccc3F)nc2c1. The Morgan fingerprint density at radius 3 is 2.74 bits per heavy atom. The molecule has 2 aromatic carbocycles. The highest BCUT2D eigenvalue weighted by molar-refractivity contribution is 7.98. The Kier molecular flexibility index (Phi) is 6.97. The van der Waals surface area contributed by atoms with E-state index < -0.39 is 0 Å². The molecule has 1 saturated heterocycles. The van der Waals surface area contributed by atoms with Crippen LogP contribution in [0.5, 0.6) is 0 Å². The number of carbonyl (C=O) groups is 1. The molecule has 1 N–H and O–H groups in total. The van der Waals surface area contributed by atoms with Crippen LogP contribution in [-0.2, 0) is 17.0 Å². The number of carbonyl (C=O) groups excluding carboxylic acids is 1. The summed E-state index contributed by atoms with van der Waals surface area (Å²) in [5, 5.41) is 4.06. The van der Waals surface area contributed by atoms with Gasteiger partial charge in [0, 0.05) is 24.0 Å². The van der Waals surface area contributed by atoms with Crippen LogP contribution in [-0.4, -0.2) is 34.2 Å². The summed E-state index contributed by atoms with van der Waals surface area (Å²) >= 11 is 1.32. The number of nitrogens with zero attached hydrogens (tertiary/aromatic N) is 2. The molecule has 8 heteroatoms. The Labute approximate surface area is 201 Å². The molecule has 34 heavy (non-hydrogen) atoms. The summed E-state index contributed by atoms with van der Waals surface area (Å²) in [6.07, 6.45) is 6.10. The van der Waals surface area contributed by atoms with Crippen molar-refractivity contribution in [3.05, 3.63) is 69.8 Å². The van der Waals surface area contributed by atoms with Crippen LogP contribution in [0.15, 0.2) is 52.4 Å². The lowest BCUT2D eigenvalue weighted by Gasteiger charge is -2.17. The Bertz CT molecular complexity index is 1250. The molecule has 0 spiro atoms. The summed E-state index contributed by atoms with van der Waals surface area (Å²) in [6.45, 7) is 1.10. The van der Waals surface area contributed by atoms with Crippen molar-refractivity contribution in [3.8, 4) is 0 Å². The fourth-order valence-electron chi connectivity index (χ4n) is 4.70. The van der Waals surface area contributed by atoms with E-state index in [9.17, 15) is 14.0 Å². The summed E-state index contributed by atoms with van der Waals surface area (Å²) in [5.41, 5.74) is 1.35. The molecule has 2 heterocycles. The molecule has 1 unspecified atom stereocenters. The lowest BCUT2D eigenvalue weighted by Crippen LogP contribution is -2.32. The molecular weight excluding hydrogens is 453 g/mol. The van der Waals surface area contributed by atoms with Crippen molar-refractivity contribution >= 4 is 28.6 Å². The molecule has 0 radical (unpaired) electrons. The monoisotopic (exact) mass is 481 g/mol. The van der Waals surface area contributed by atoms with Gasteiger partial charge < -0.3 is 10.1 Å². The maximum Gasteiger partial charge on any atom is 0.262 e. The number of hydrogen-bond acceptors (Lipinski definition) is 5. The average Bonchev–Trinajstić information content (AvgIpc) is 3.55. The predicted molar refractivity (Wildman–Crippen MR) is 131 cm³/mol. The van der Waals surface area contributed by atoms with Gasteiger partial charge in [-0.2, -0.15) is 0 Å². The number of hydrogen-bond donors (Lipinski definition) is 1. The van der Waals surface area contributed by atoms with Crippen molar-refractivity contribution in [2.24, 2.45) is 0 Å². The second-order valence-corrected chi connectivity index (χ2v) is 9.95. The van der Waals surface area contributed by atoms with Crippen LogP contribution in [0.2, 0.25) is 0 Å². The van der Waals surface area contributed by atoms with Gasteiger partial charge in [-0.25, -0.2) is 9.37 Å². The molecule has 1 atom stereocenters. The predicted octanol–water partition coefficient (Wildman–Crippen LogP) is 4.68. The Balaban J connectivity index is 1.48. The van der Waals surface area contributed by atoms with Crippen LogP contribution in [0.3, 0.4) is 0 Å². The van der Waals surface area contributed by atoms with Gasteiger partial charge in [-0.15, -0.1) is 0 Å². The van der Waals surface area contributed by atoms with E-state index in [0.717, 1.165) is 38.5 Å². The number of aromatic nitrogens is 2. The Hall–Kier alpha value is -2.71. The minimum absolute atomic E-state index is 0.0405.